The number of rotatable bonds is 7. The fourth-order valence-electron chi connectivity index (χ4n) is 2.01. The van der Waals surface area contributed by atoms with Crippen LogP contribution in [0.3, 0.4) is 0 Å². The maximum atomic E-state index is 5.36. The molecule has 6 nitrogen and oxygen atoms in total. The van der Waals surface area contributed by atoms with Gasteiger partial charge in [-0.1, -0.05) is 19.0 Å². The monoisotopic (exact) mass is 277 g/mol. The van der Waals surface area contributed by atoms with E-state index in [9.17, 15) is 0 Å². The summed E-state index contributed by atoms with van der Waals surface area (Å²) in [6, 6.07) is 2.46. The smallest absolute Gasteiger partial charge is 0.151 e. The fraction of sp³-hybridized carbons (Fsp3) is 0.571. The lowest BCUT2D eigenvalue weighted by Crippen LogP contribution is -2.21. The van der Waals surface area contributed by atoms with Gasteiger partial charge in [0.25, 0.3) is 0 Å². The molecule has 20 heavy (non-hydrogen) atoms. The lowest BCUT2D eigenvalue weighted by Gasteiger charge is -2.12. The molecule has 0 amide bonds. The van der Waals surface area contributed by atoms with Gasteiger partial charge in [0.2, 0.25) is 0 Å². The molecule has 0 atom stereocenters. The molecule has 0 bridgehead atoms. The first-order chi connectivity index (χ1) is 9.52. The second-order valence-corrected chi connectivity index (χ2v) is 5.51. The number of aromatic nitrogens is 3. The minimum absolute atomic E-state index is 0.448. The average Bonchev–Trinajstić information content (AvgIpc) is 2.96. The Balaban J connectivity index is 1.83. The van der Waals surface area contributed by atoms with Gasteiger partial charge < -0.3 is 9.84 Å². The van der Waals surface area contributed by atoms with Crippen LogP contribution in [-0.2, 0) is 26.7 Å². The third kappa shape index (κ3) is 4.47. The van der Waals surface area contributed by atoms with Crippen LogP contribution in [0.1, 0.15) is 30.9 Å². The third-order valence-corrected chi connectivity index (χ3v) is 2.94. The lowest BCUT2D eigenvalue weighted by atomic mass is 10.3. The van der Waals surface area contributed by atoms with E-state index in [1.807, 2.05) is 30.2 Å². The van der Waals surface area contributed by atoms with Gasteiger partial charge in [0.1, 0.15) is 0 Å². The molecule has 0 saturated heterocycles. The van der Waals surface area contributed by atoms with Crippen LogP contribution >= 0.6 is 0 Å². The zero-order chi connectivity index (χ0) is 14.5. The first-order valence-electron chi connectivity index (χ1n) is 6.87. The van der Waals surface area contributed by atoms with Crippen LogP contribution in [-0.4, -0.2) is 32.9 Å². The Labute approximate surface area is 119 Å². The highest BCUT2D eigenvalue weighted by Crippen LogP contribution is 2.09. The van der Waals surface area contributed by atoms with E-state index in [-0.39, 0.29) is 0 Å². The number of hydrogen-bond donors (Lipinski definition) is 1. The molecule has 0 fully saturated rings. The maximum absolute atomic E-state index is 5.36. The predicted octanol–water partition coefficient (Wildman–Crippen LogP) is 1.54. The molecule has 6 heteroatoms. The van der Waals surface area contributed by atoms with E-state index >= 15 is 0 Å². The molecule has 2 heterocycles. The van der Waals surface area contributed by atoms with Gasteiger partial charge in [-0.25, -0.2) is 0 Å². The Kier molecular flexibility index (Phi) is 4.92. The fourth-order valence-corrected chi connectivity index (χ4v) is 2.01. The molecule has 2 aromatic heterocycles. The van der Waals surface area contributed by atoms with Crippen molar-refractivity contribution in [2.24, 2.45) is 7.05 Å². The van der Waals surface area contributed by atoms with E-state index in [2.05, 4.69) is 41.4 Å². The number of aryl methyl sites for hydroxylation is 1. The van der Waals surface area contributed by atoms with Crippen molar-refractivity contribution in [3.8, 4) is 0 Å². The van der Waals surface area contributed by atoms with E-state index in [1.165, 1.54) is 5.56 Å². The van der Waals surface area contributed by atoms with E-state index in [1.54, 1.807) is 0 Å². The summed E-state index contributed by atoms with van der Waals surface area (Å²) in [5.41, 5.74) is 2.14. The molecular formula is C14H23N5O. The summed E-state index contributed by atoms with van der Waals surface area (Å²) in [5.74, 6) is 0.886. The number of nitrogens with one attached hydrogen (secondary N) is 1. The molecule has 2 rings (SSSR count). The van der Waals surface area contributed by atoms with Crippen LogP contribution < -0.4 is 5.32 Å². The summed E-state index contributed by atoms with van der Waals surface area (Å²) in [6.45, 7) is 6.55. The van der Waals surface area contributed by atoms with Gasteiger partial charge in [-0.15, -0.1) is 0 Å². The zero-order valence-electron chi connectivity index (χ0n) is 12.6. The van der Waals surface area contributed by atoms with Crippen LogP contribution in [0, 0.1) is 0 Å². The minimum atomic E-state index is 0.448. The molecule has 0 aliphatic rings. The van der Waals surface area contributed by atoms with Gasteiger partial charge >= 0.3 is 0 Å². The molecule has 0 aliphatic heterocycles. The van der Waals surface area contributed by atoms with E-state index in [0.717, 1.165) is 31.1 Å². The summed E-state index contributed by atoms with van der Waals surface area (Å²) < 4.78 is 7.17. The van der Waals surface area contributed by atoms with Crippen molar-refractivity contribution in [2.45, 2.75) is 39.5 Å². The first kappa shape index (κ1) is 14.7. The Morgan fingerprint density at radius 2 is 2.20 bits per heavy atom. The quantitative estimate of drug-likeness (QED) is 0.832. The summed E-state index contributed by atoms with van der Waals surface area (Å²) >= 11 is 0. The van der Waals surface area contributed by atoms with Gasteiger partial charge in [0.15, 0.2) is 5.76 Å². The van der Waals surface area contributed by atoms with Gasteiger partial charge in [-0.3, -0.25) is 9.58 Å². The molecule has 0 aromatic carbocycles. The summed E-state index contributed by atoms with van der Waals surface area (Å²) in [6.07, 6.45) is 3.91. The second kappa shape index (κ2) is 6.67. The van der Waals surface area contributed by atoms with Crippen molar-refractivity contribution >= 4 is 0 Å². The predicted molar refractivity (Wildman–Crippen MR) is 76.9 cm³/mol. The maximum Gasteiger partial charge on any atom is 0.151 e. The van der Waals surface area contributed by atoms with Crippen LogP contribution in [0.15, 0.2) is 23.0 Å². The molecule has 2 aromatic rings. The molecule has 0 unspecified atom stereocenters. The van der Waals surface area contributed by atoms with Crippen molar-refractivity contribution in [1.82, 2.24) is 25.2 Å². The average molecular weight is 277 g/mol. The summed E-state index contributed by atoms with van der Waals surface area (Å²) in [7, 11) is 3.98. The minimum Gasteiger partial charge on any atom is -0.360 e. The molecule has 0 spiro atoms. The highest BCUT2D eigenvalue weighted by Gasteiger charge is 2.09. The van der Waals surface area contributed by atoms with Crippen LogP contribution in [0.5, 0.6) is 0 Å². The van der Waals surface area contributed by atoms with Crippen LogP contribution in [0.4, 0.5) is 0 Å². The SMILES string of the molecule is CC(C)NCc1cc(CN(C)Cc2cnn(C)c2)on1. The van der Waals surface area contributed by atoms with Gasteiger partial charge in [-0.2, -0.15) is 5.10 Å². The van der Waals surface area contributed by atoms with Crippen molar-refractivity contribution in [1.29, 1.82) is 0 Å². The highest BCUT2D eigenvalue weighted by molar-refractivity contribution is 5.07. The van der Waals surface area contributed by atoms with E-state index in [4.69, 9.17) is 4.52 Å². The molecule has 0 saturated carbocycles. The number of hydrogen-bond acceptors (Lipinski definition) is 5. The van der Waals surface area contributed by atoms with Gasteiger partial charge in [0.05, 0.1) is 18.4 Å². The van der Waals surface area contributed by atoms with Crippen molar-refractivity contribution in [3.05, 3.63) is 35.5 Å². The topological polar surface area (TPSA) is 59.1 Å². The molecule has 0 radical (unpaired) electrons. The largest absolute Gasteiger partial charge is 0.360 e. The normalized spacial score (nSPS) is 11.7. The first-order valence-corrected chi connectivity index (χ1v) is 6.87. The highest BCUT2D eigenvalue weighted by atomic mass is 16.5. The Bertz CT molecular complexity index is 531. The van der Waals surface area contributed by atoms with E-state index in [0.29, 0.717) is 6.04 Å². The van der Waals surface area contributed by atoms with E-state index < -0.39 is 0 Å². The van der Waals surface area contributed by atoms with Gasteiger partial charge in [-0.05, 0) is 7.05 Å². The summed E-state index contributed by atoms with van der Waals surface area (Å²) in [4.78, 5) is 2.18. The molecule has 0 aliphatic carbocycles. The Morgan fingerprint density at radius 3 is 2.85 bits per heavy atom. The third-order valence-electron chi connectivity index (χ3n) is 2.94. The van der Waals surface area contributed by atoms with Crippen molar-refractivity contribution in [3.63, 3.8) is 0 Å². The van der Waals surface area contributed by atoms with Crippen molar-refractivity contribution < 1.29 is 4.52 Å². The second-order valence-electron chi connectivity index (χ2n) is 5.51. The van der Waals surface area contributed by atoms with Crippen molar-refractivity contribution in [2.75, 3.05) is 7.05 Å². The molecule has 110 valence electrons. The zero-order valence-corrected chi connectivity index (χ0v) is 12.6. The standard InChI is InChI=1S/C14H23N5O/c1-11(2)15-7-13-5-14(20-17-13)10-18(3)8-12-6-16-19(4)9-12/h5-6,9,11,15H,7-8,10H2,1-4H3. The molecule has 1 N–H and O–H groups in total. The lowest BCUT2D eigenvalue weighted by molar-refractivity contribution is 0.265. The Hall–Kier alpha value is -1.66. The Morgan fingerprint density at radius 1 is 1.40 bits per heavy atom. The van der Waals surface area contributed by atoms with Crippen LogP contribution in [0.2, 0.25) is 0 Å². The summed E-state index contributed by atoms with van der Waals surface area (Å²) in [5, 5.41) is 11.6. The van der Waals surface area contributed by atoms with Crippen LogP contribution in [0.25, 0.3) is 0 Å². The molecular weight excluding hydrogens is 254 g/mol. The number of nitrogens with zero attached hydrogens (tertiary/aromatic N) is 4. The van der Waals surface area contributed by atoms with Gasteiger partial charge in [0, 0.05) is 44.0 Å².